The van der Waals surface area contributed by atoms with Crippen LogP contribution in [0.4, 0.5) is 0 Å². The van der Waals surface area contributed by atoms with Gasteiger partial charge in [-0.3, -0.25) is 4.79 Å². The predicted octanol–water partition coefficient (Wildman–Crippen LogP) is 3.27. The molecule has 1 aromatic heterocycles. The topological polar surface area (TPSA) is 53.4 Å². The molecule has 2 aromatic carbocycles. The molecule has 0 N–H and O–H groups in total. The van der Waals surface area contributed by atoms with Gasteiger partial charge in [0.1, 0.15) is 11.5 Å². The molecule has 0 saturated heterocycles. The first kappa shape index (κ1) is 14.1. The lowest BCUT2D eigenvalue weighted by Gasteiger charge is -2.07. The lowest BCUT2D eigenvalue weighted by Crippen LogP contribution is -2.00. The van der Waals surface area contributed by atoms with E-state index >= 15 is 0 Å². The number of hydrogen-bond donors (Lipinski definition) is 0. The molecule has 0 aliphatic heterocycles. The maximum Gasteiger partial charge on any atom is 0.308 e. The zero-order valence-electron chi connectivity index (χ0n) is 12.7. The van der Waals surface area contributed by atoms with Crippen LogP contribution in [0.25, 0.3) is 16.6 Å². The summed E-state index contributed by atoms with van der Waals surface area (Å²) < 4.78 is 12.1. The van der Waals surface area contributed by atoms with Crippen LogP contribution in [0.2, 0.25) is 0 Å². The number of esters is 1. The van der Waals surface area contributed by atoms with Gasteiger partial charge in [-0.05, 0) is 48.9 Å². The van der Waals surface area contributed by atoms with Crippen molar-refractivity contribution in [2.24, 2.45) is 0 Å². The number of methoxy groups -OCH3 is 1. The summed E-state index contributed by atoms with van der Waals surface area (Å²) in [6.07, 6.45) is 1.91. The summed E-state index contributed by atoms with van der Waals surface area (Å²) in [6, 6.07) is 11.2. The fourth-order valence-electron chi connectivity index (χ4n) is 2.37. The Labute approximate surface area is 128 Å². The van der Waals surface area contributed by atoms with Crippen molar-refractivity contribution < 1.29 is 14.3 Å². The van der Waals surface area contributed by atoms with E-state index in [-0.39, 0.29) is 5.97 Å². The second-order valence-corrected chi connectivity index (χ2v) is 5.04. The van der Waals surface area contributed by atoms with Crippen molar-refractivity contribution >= 4 is 16.9 Å². The molecule has 3 aromatic rings. The fourth-order valence-corrected chi connectivity index (χ4v) is 2.37. The maximum atomic E-state index is 11.0. The van der Waals surface area contributed by atoms with E-state index in [9.17, 15) is 4.79 Å². The standard InChI is InChI=1S/C17H16N2O3/c1-11-8-14(21-3)5-7-17(11)19-10-13-9-15(22-12(2)20)4-6-16(13)18-19/h4-10H,1-3H3. The molecule has 3 rings (SSSR count). The predicted molar refractivity (Wildman–Crippen MR) is 83.7 cm³/mol. The van der Waals surface area contributed by atoms with Gasteiger partial charge in [-0.2, -0.15) is 5.10 Å². The summed E-state index contributed by atoms with van der Waals surface area (Å²) in [5.41, 5.74) is 2.88. The minimum atomic E-state index is -0.335. The van der Waals surface area contributed by atoms with E-state index in [4.69, 9.17) is 9.47 Å². The van der Waals surface area contributed by atoms with Crippen LogP contribution in [0.5, 0.6) is 11.5 Å². The molecule has 0 spiro atoms. The van der Waals surface area contributed by atoms with E-state index < -0.39 is 0 Å². The first-order valence-corrected chi connectivity index (χ1v) is 6.89. The highest BCUT2D eigenvalue weighted by Crippen LogP contribution is 2.24. The molecule has 0 aliphatic rings. The fraction of sp³-hybridized carbons (Fsp3) is 0.176. The lowest BCUT2D eigenvalue weighted by molar-refractivity contribution is -0.131. The Bertz CT molecular complexity index is 852. The van der Waals surface area contributed by atoms with Crippen LogP contribution in [0.3, 0.4) is 0 Å². The third-order valence-electron chi connectivity index (χ3n) is 3.39. The number of carbonyl (C=O) groups is 1. The molecule has 5 heteroatoms. The average Bonchev–Trinajstić information content (AvgIpc) is 2.89. The number of aryl methyl sites for hydroxylation is 1. The Hall–Kier alpha value is -2.82. The van der Waals surface area contributed by atoms with Crippen molar-refractivity contribution in [1.82, 2.24) is 9.78 Å². The summed E-state index contributed by atoms with van der Waals surface area (Å²) in [6.45, 7) is 3.39. The molecule has 5 nitrogen and oxygen atoms in total. The Morgan fingerprint density at radius 2 is 1.91 bits per heavy atom. The molecule has 0 radical (unpaired) electrons. The lowest BCUT2D eigenvalue weighted by atomic mass is 10.2. The Kier molecular flexibility index (Phi) is 3.55. The largest absolute Gasteiger partial charge is 0.497 e. The number of nitrogens with zero attached hydrogens (tertiary/aromatic N) is 2. The molecule has 0 unspecified atom stereocenters. The number of benzene rings is 2. The first-order valence-electron chi connectivity index (χ1n) is 6.89. The van der Waals surface area contributed by atoms with E-state index in [0.29, 0.717) is 5.75 Å². The van der Waals surface area contributed by atoms with Crippen LogP contribution in [0.15, 0.2) is 42.6 Å². The maximum absolute atomic E-state index is 11.0. The van der Waals surface area contributed by atoms with Crippen LogP contribution in [-0.2, 0) is 4.79 Å². The van der Waals surface area contributed by atoms with Crippen molar-refractivity contribution in [2.45, 2.75) is 13.8 Å². The number of carbonyl (C=O) groups excluding carboxylic acids is 1. The molecule has 0 amide bonds. The van der Waals surface area contributed by atoms with Gasteiger partial charge in [0.15, 0.2) is 0 Å². The van der Waals surface area contributed by atoms with Gasteiger partial charge in [0.05, 0.1) is 18.3 Å². The van der Waals surface area contributed by atoms with Gasteiger partial charge in [-0.15, -0.1) is 0 Å². The number of rotatable bonds is 3. The van der Waals surface area contributed by atoms with E-state index in [1.165, 1.54) is 6.92 Å². The summed E-state index contributed by atoms with van der Waals surface area (Å²) in [5, 5.41) is 5.47. The minimum absolute atomic E-state index is 0.335. The van der Waals surface area contributed by atoms with Crippen LogP contribution in [-0.4, -0.2) is 22.9 Å². The van der Waals surface area contributed by atoms with E-state index in [2.05, 4.69) is 5.10 Å². The SMILES string of the molecule is COc1ccc(-n2cc3cc(OC(C)=O)ccc3n2)c(C)c1. The van der Waals surface area contributed by atoms with Gasteiger partial charge in [-0.1, -0.05) is 0 Å². The monoisotopic (exact) mass is 296 g/mol. The molecular formula is C17H16N2O3. The van der Waals surface area contributed by atoms with E-state index in [1.807, 2.05) is 42.1 Å². The van der Waals surface area contributed by atoms with Crippen molar-refractivity contribution in [3.05, 3.63) is 48.2 Å². The van der Waals surface area contributed by atoms with E-state index in [1.54, 1.807) is 19.2 Å². The summed E-state index contributed by atoms with van der Waals surface area (Å²) in [4.78, 5) is 11.0. The number of fused-ring (bicyclic) bond motifs is 1. The Morgan fingerprint density at radius 3 is 2.59 bits per heavy atom. The number of ether oxygens (including phenoxy) is 2. The molecule has 0 atom stereocenters. The van der Waals surface area contributed by atoms with Crippen molar-refractivity contribution in [3.8, 4) is 17.2 Å². The van der Waals surface area contributed by atoms with Gasteiger partial charge in [0, 0.05) is 18.5 Å². The third kappa shape index (κ3) is 2.65. The van der Waals surface area contributed by atoms with Gasteiger partial charge in [-0.25, -0.2) is 4.68 Å². The molecule has 1 heterocycles. The Morgan fingerprint density at radius 1 is 1.14 bits per heavy atom. The van der Waals surface area contributed by atoms with Crippen molar-refractivity contribution in [2.75, 3.05) is 7.11 Å². The Balaban J connectivity index is 2.03. The quantitative estimate of drug-likeness (QED) is 0.550. The summed E-state index contributed by atoms with van der Waals surface area (Å²) in [7, 11) is 1.65. The zero-order chi connectivity index (χ0) is 15.7. The third-order valence-corrected chi connectivity index (χ3v) is 3.39. The van der Waals surface area contributed by atoms with Gasteiger partial charge >= 0.3 is 5.97 Å². The average molecular weight is 296 g/mol. The van der Waals surface area contributed by atoms with Crippen LogP contribution in [0.1, 0.15) is 12.5 Å². The number of hydrogen-bond acceptors (Lipinski definition) is 4. The first-order chi connectivity index (χ1) is 10.6. The highest BCUT2D eigenvalue weighted by Gasteiger charge is 2.08. The molecule has 0 saturated carbocycles. The van der Waals surface area contributed by atoms with Crippen LogP contribution in [0, 0.1) is 6.92 Å². The highest BCUT2D eigenvalue weighted by molar-refractivity contribution is 5.81. The second kappa shape index (κ2) is 5.52. The highest BCUT2D eigenvalue weighted by atomic mass is 16.5. The minimum Gasteiger partial charge on any atom is -0.497 e. The molecule has 112 valence electrons. The van der Waals surface area contributed by atoms with Crippen molar-refractivity contribution in [1.29, 1.82) is 0 Å². The number of aromatic nitrogens is 2. The molecule has 0 aliphatic carbocycles. The zero-order valence-corrected chi connectivity index (χ0v) is 12.7. The summed E-state index contributed by atoms with van der Waals surface area (Å²) >= 11 is 0. The smallest absolute Gasteiger partial charge is 0.308 e. The molecule has 0 fully saturated rings. The second-order valence-electron chi connectivity index (χ2n) is 5.04. The van der Waals surface area contributed by atoms with Gasteiger partial charge in [0.2, 0.25) is 0 Å². The molecular weight excluding hydrogens is 280 g/mol. The molecule has 0 bridgehead atoms. The van der Waals surface area contributed by atoms with Crippen LogP contribution >= 0.6 is 0 Å². The summed E-state index contributed by atoms with van der Waals surface area (Å²) in [5.74, 6) is 0.999. The van der Waals surface area contributed by atoms with Gasteiger partial charge in [0.25, 0.3) is 0 Å². The van der Waals surface area contributed by atoms with Crippen LogP contribution < -0.4 is 9.47 Å². The van der Waals surface area contributed by atoms with Gasteiger partial charge < -0.3 is 9.47 Å². The van der Waals surface area contributed by atoms with Crippen molar-refractivity contribution in [3.63, 3.8) is 0 Å². The molecule has 22 heavy (non-hydrogen) atoms. The van der Waals surface area contributed by atoms with E-state index in [0.717, 1.165) is 27.9 Å². The normalized spacial score (nSPS) is 10.7.